The molecule has 1 amide bonds. The van der Waals surface area contributed by atoms with Crippen molar-refractivity contribution in [3.63, 3.8) is 0 Å². The highest BCUT2D eigenvalue weighted by atomic mass is 16.3. The van der Waals surface area contributed by atoms with Gasteiger partial charge >= 0.3 is 0 Å². The zero-order valence-corrected chi connectivity index (χ0v) is 20.4. The molecule has 0 bridgehead atoms. The quantitative estimate of drug-likeness (QED) is 0.272. The van der Waals surface area contributed by atoms with Crippen LogP contribution < -0.4 is 10.6 Å². The van der Waals surface area contributed by atoms with E-state index in [0.717, 1.165) is 48.4 Å². The molecule has 188 valence electrons. The zero-order chi connectivity index (χ0) is 25.6. The van der Waals surface area contributed by atoms with Crippen LogP contribution >= 0.6 is 0 Å². The van der Waals surface area contributed by atoms with Gasteiger partial charge in [-0.05, 0) is 105 Å². The lowest BCUT2D eigenvalue weighted by Gasteiger charge is -2.25. The highest BCUT2D eigenvalue weighted by Crippen LogP contribution is 2.28. The van der Waals surface area contributed by atoms with Gasteiger partial charge in [0.05, 0.1) is 17.9 Å². The maximum Gasteiger partial charge on any atom is 0.238 e. The number of phenols is 2. The first kappa shape index (κ1) is 24.3. The molecule has 0 aliphatic carbocycles. The van der Waals surface area contributed by atoms with Gasteiger partial charge in [0.25, 0.3) is 0 Å². The number of likely N-dealkylation sites (tertiary alicyclic amines) is 1. The van der Waals surface area contributed by atoms with Crippen LogP contribution in [0.2, 0.25) is 0 Å². The Kier molecular flexibility index (Phi) is 7.28. The van der Waals surface area contributed by atoms with Gasteiger partial charge in [0, 0.05) is 22.5 Å². The van der Waals surface area contributed by atoms with Gasteiger partial charge in [-0.1, -0.05) is 6.42 Å². The highest BCUT2D eigenvalue weighted by Gasteiger charge is 2.14. The molecule has 37 heavy (non-hydrogen) atoms. The number of benzene rings is 3. The Hall–Kier alpha value is -4.43. The molecule has 2 heterocycles. The molecule has 0 spiro atoms. The van der Waals surface area contributed by atoms with E-state index < -0.39 is 0 Å². The molecule has 1 aromatic heterocycles. The van der Waals surface area contributed by atoms with E-state index in [4.69, 9.17) is 0 Å². The standard InChI is InChI=1S/C29H29N5O3/c35-24-12-4-20(5-13-24)26-18-27(21-6-14-25(36)15-7-21)33-29(32-26)31-23-10-8-22(9-11-23)30-28(37)19-34-16-2-1-3-17-34/h4-15,18,35-36H,1-3,16-17,19H2,(H,30,37)(H,31,32,33). The van der Waals surface area contributed by atoms with E-state index in [1.54, 1.807) is 48.5 Å². The van der Waals surface area contributed by atoms with Crippen molar-refractivity contribution in [2.24, 2.45) is 0 Å². The number of phenolic OH excluding ortho intramolecular Hbond substituents is 2. The molecule has 1 fully saturated rings. The maximum absolute atomic E-state index is 12.4. The fraction of sp³-hybridized carbons (Fsp3) is 0.207. The summed E-state index contributed by atoms with van der Waals surface area (Å²) in [6.07, 6.45) is 3.54. The molecule has 1 aliphatic heterocycles. The Morgan fingerprint density at radius 1 is 0.730 bits per heavy atom. The van der Waals surface area contributed by atoms with Gasteiger partial charge in [0.1, 0.15) is 11.5 Å². The van der Waals surface area contributed by atoms with Gasteiger partial charge in [-0.3, -0.25) is 9.69 Å². The average molecular weight is 496 g/mol. The number of carbonyl (C=O) groups excluding carboxylic acids is 1. The van der Waals surface area contributed by atoms with Gasteiger partial charge in [-0.25, -0.2) is 9.97 Å². The predicted molar refractivity (Wildman–Crippen MR) is 145 cm³/mol. The largest absolute Gasteiger partial charge is 0.508 e. The Balaban J connectivity index is 1.34. The number of carbonyl (C=O) groups is 1. The SMILES string of the molecule is O=C(CN1CCCCC1)Nc1ccc(Nc2nc(-c3ccc(O)cc3)cc(-c3ccc(O)cc3)n2)cc1. The van der Waals surface area contributed by atoms with Crippen molar-refractivity contribution in [3.05, 3.63) is 78.9 Å². The minimum absolute atomic E-state index is 0.00826. The van der Waals surface area contributed by atoms with Gasteiger partial charge in [-0.15, -0.1) is 0 Å². The zero-order valence-electron chi connectivity index (χ0n) is 20.4. The summed E-state index contributed by atoms with van der Waals surface area (Å²) in [7, 11) is 0. The number of anilines is 3. The van der Waals surface area contributed by atoms with Crippen LogP contribution in [0.1, 0.15) is 19.3 Å². The summed E-state index contributed by atoms with van der Waals surface area (Å²) in [5, 5.41) is 25.6. The highest BCUT2D eigenvalue weighted by molar-refractivity contribution is 5.92. The number of nitrogens with one attached hydrogen (secondary N) is 2. The predicted octanol–water partition coefficient (Wildman–Crippen LogP) is 5.39. The molecule has 4 N–H and O–H groups in total. The van der Waals surface area contributed by atoms with E-state index in [2.05, 4.69) is 25.5 Å². The van der Waals surface area contributed by atoms with Crippen LogP contribution in [0.3, 0.4) is 0 Å². The van der Waals surface area contributed by atoms with E-state index in [9.17, 15) is 15.0 Å². The number of hydrogen-bond acceptors (Lipinski definition) is 7. The van der Waals surface area contributed by atoms with Crippen LogP contribution in [0.15, 0.2) is 78.9 Å². The first-order chi connectivity index (χ1) is 18.0. The smallest absolute Gasteiger partial charge is 0.238 e. The lowest BCUT2D eigenvalue weighted by atomic mass is 10.1. The van der Waals surface area contributed by atoms with Gasteiger partial charge in [-0.2, -0.15) is 0 Å². The second kappa shape index (κ2) is 11.1. The van der Waals surface area contributed by atoms with Crippen molar-refractivity contribution in [1.29, 1.82) is 0 Å². The van der Waals surface area contributed by atoms with Gasteiger partial charge < -0.3 is 20.8 Å². The first-order valence-electron chi connectivity index (χ1n) is 12.4. The fourth-order valence-corrected chi connectivity index (χ4v) is 4.35. The molecule has 4 aromatic rings. The van der Waals surface area contributed by atoms with E-state index in [1.165, 1.54) is 6.42 Å². The minimum atomic E-state index is -0.00826. The van der Waals surface area contributed by atoms with Crippen molar-refractivity contribution < 1.29 is 15.0 Å². The second-order valence-electron chi connectivity index (χ2n) is 9.14. The van der Waals surface area contributed by atoms with Crippen LogP contribution in [0.25, 0.3) is 22.5 Å². The van der Waals surface area contributed by atoms with Crippen molar-refractivity contribution in [2.45, 2.75) is 19.3 Å². The van der Waals surface area contributed by atoms with E-state index in [1.807, 2.05) is 30.3 Å². The molecule has 0 saturated carbocycles. The monoisotopic (exact) mass is 495 g/mol. The normalized spacial score (nSPS) is 13.7. The lowest BCUT2D eigenvalue weighted by Crippen LogP contribution is -2.36. The fourth-order valence-electron chi connectivity index (χ4n) is 4.35. The summed E-state index contributed by atoms with van der Waals surface area (Å²) < 4.78 is 0. The molecular formula is C29H29N5O3. The molecule has 0 radical (unpaired) electrons. The number of amides is 1. The van der Waals surface area contributed by atoms with Crippen molar-refractivity contribution in [3.8, 4) is 34.0 Å². The van der Waals surface area contributed by atoms with Crippen molar-refractivity contribution in [1.82, 2.24) is 14.9 Å². The number of aromatic nitrogens is 2. The number of hydrogen-bond donors (Lipinski definition) is 4. The molecule has 8 nitrogen and oxygen atoms in total. The summed E-state index contributed by atoms with van der Waals surface area (Å²) in [5.41, 5.74) is 4.53. The summed E-state index contributed by atoms with van der Waals surface area (Å²) in [6.45, 7) is 2.37. The summed E-state index contributed by atoms with van der Waals surface area (Å²) in [5.74, 6) is 0.748. The van der Waals surface area contributed by atoms with Crippen molar-refractivity contribution >= 4 is 23.2 Å². The molecule has 5 rings (SSSR count). The molecular weight excluding hydrogens is 466 g/mol. The number of aromatic hydroxyl groups is 2. The molecule has 0 atom stereocenters. The second-order valence-corrected chi connectivity index (χ2v) is 9.14. The third-order valence-corrected chi connectivity index (χ3v) is 6.29. The number of nitrogens with zero attached hydrogens (tertiary/aromatic N) is 3. The Labute approximate surface area is 215 Å². The summed E-state index contributed by atoms with van der Waals surface area (Å²) in [6, 6.07) is 22.9. The minimum Gasteiger partial charge on any atom is -0.508 e. The summed E-state index contributed by atoms with van der Waals surface area (Å²) in [4.78, 5) is 24.0. The first-order valence-corrected chi connectivity index (χ1v) is 12.4. The number of rotatable bonds is 7. The molecule has 0 unspecified atom stereocenters. The third-order valence-electron chi connectivity index (χ3n) is 6.29. The topological polar surface area (TPSA) is 111 Å². The molecule has 1 aliphatic rings. The van der Waals surface area contributed by atoms with E-state index in [0.29, 0.717) is 23.9 Å². The van der Waals surface area contributed by atoms with Crippen LogP contribution in [0, 0.1) is 0 Å². The maximum atomic E-state index is 12.4. The number of piperidine rings is 1. The molecule has 3 aromatic carbocycles. The van der Waals surface area contributed by atoms with E-state index in [-0.39, 0.29) is 17.4 Å². The molecule has 1 saturated heterocycles. The summed E-state index contributed by atoms with van der Waals surface area (Å²) >= 11 is 0. The van der Waals surface area contributed by atoms with Crippen LogP contribution in [-0.4, -0.2) is 50.6 Å². The van der Waals surface area contributed by atoms with E-state index >= 15 is 0 Å². The van der Waals surface area contributed by atoms with Gasteiger partial charge in [0.15, 0.2) is 0 Å². The Morgan fingerprint density at radius 2 is 1.24 bits per heavy atom. The molecule has 8 heteroatoms. The Morgan fingerprint density at radius 3 is 1.78 bits per heavy atom. The van der Waals surface area contributed by atoms with Crippen LogP contribution in [0.5, 0.6) is 11.5 Å². The Bertz CT molecular complexity index is 1290. The van der Waals surface area contributed by atoms with Crippen LogP contribution in [0.4, 0.5) is 17.3 Å². The van der Waals surface area contributed by atoms with Crippen LogP contribution in [-0.2, 0) is 4.79 Å². The van der Waals surface area contributed by atoms with Gasteiger partial charge in [0.2, 0.25) is 11.9 Å². The average Bonchev–Trinajstić information content (AvgIpc) is 2.91. The third kappa shape index (κ3) is 6.42. The van der Waals surface area contributed by atoms with Crippen molar-refractivity contribution in [2.75, 3.05) is 30.3 Å². The lowest BCUT2D eigenvalue weighted by molar-refractivity contribution is -0.117.